The molecular weight excluding hydrogens is 532 g/mol. The number of nitrogens with one attached hydrogen (secondary N) is 1. The Morgan fingerprint density at radius 1 is 0.833 bits per heavy atom. The van der Waals surface area contributed by atoms with Crippen LogP contribution in [-0.2, 0) is 9.53 Å². The number of aromatic nitrogens is 3. The fourth-order valence-electron chi connectivity index (χ4n) is 4.57. The van der Waals surface area contributed by atoms with E-state index < -0.39 is 17.7 Å². The zero-order chi connectivity index (χ0) is 29.8. The summed E-state index contributed by atoms with van der Waals surface area (Å²) >= 11 is 0. The van der Waals surface area contributed by atoms with Gasteiger partial charge in [0.05, 0.1) is 47.8 Å². The molecule has 2 heterocycles. The molecule has 1 amide bonds. The molecule has 0 aliphatic carbocycles. The van der Waals surface area contributed by atoms with Gasteiger partial charge in [-0.2, -0.15) is 5.10 Å². The van der Waals surface area contributed by atoms with Crippen molar-refractivity contribution >= 4 is 46.5 Å². The van der Waals surface area contributed by atoms with Crippen LogP contribution < -0.4 is 10.1 Å². The molecular formula is C33H28N4O5. The van der Waals surface area contributed by atoms with Gasteiger partial charge in [-0.3, -0.25) is 9.59 Å². The molecule has 42 heavy (non-hydrogen) atoms. The quantitative estimate of drug-likeness (QED) is 0.144. The van der Waals surface area contributed by atoms with Gasteiger partial charge < -0.3 is 14.8 Å². The summed E-state index contributed by atoms with van der Waals surface area (Å²) in [6, 6.07) is 23.6. The average molecular weight is 561 g/mol. The topological polar surface area (TPSA) is 112 Å². The first-order valence-electron chi connectivity index (χ1n) is 13.1. The van der Waals surface area contributed by atoms with Crippen molar-refractivity contribution in [3.8, 4) is 11.4 Å². The van der Waals surface area contributed by atoms with Gasteiger partial charge in [-0.1, -0.05) is 54.1 Å². The Kier molecular flexibility index (Phi) is 7.92. The molecule has 0 aliphatic rings. The number of carbonyl (C=O) groups is 3. The molecule has 0 saturated heterocycles. The fraction of sp³-hybridized carbons (Fsp3) is 0.121. The van der Waals surface area contributed by atoms with Gasteiger partial charge in [0.25, 0.3) is 11.7 Å². The lowest BCUT2D eigenvalue weighted by atomic mass is 9.96. The summed E-state index contributed by atoms with van der Waals surface area (Å²) < 4.78 is 12.0. The number of methoxy groups -OCH3 is 2. The lowest BCUT2D eigenvalue weighted by Crippen LogP contribution is -2.26. The molecule has 0 aliphatic heterocycles. The maximum Gasteiger partial charge on any atom is 0.339 e. The van der Waals surface area contributed by atoms with Crippen molar-refractivity contribution in [2.75, 3.05) is 19.5 Å². The summed E-state index contributed by atoms with van der Waals surface area (Å²) in [5, 5.41) is 7.58. The number of aryl methyl sites for hydroxylation is 2. The van der Waals surface area contributed by atoms with Gasteiger partial charge in [0.15, 0.2) is 5.65 Å². The van der Waals surface area contributed by atoms with E-state index in [1.807, 2.05) is 61.5 Å². The molecule has 1 N–H and O–H groups in total. The maximum absolute atomic E-state index is 13.9. The summed E-state index contributed by atoms with van der Waals surface area (Å²) in [6.07, 6.45) is 3.33. The number of nitrogens with zero attached hydrogens (tertiary/aromatic N) is 3. The molecule has 2 aromatic heterocycles. The number of esters is 1. The van der Waals surface area contributed by atoms with Gasteiger partial charge >= 0.3 is 5.97 Å². The zero-order valence-electron chi connectivity index (χ0n) is 23.5. The third kappa shape index (κ3) is 5.53. The van der Waals surface area contributed by atoms with Crippen molar-refractivity contribution in [2.24, 2.45) is 0 Å². The van der Waals surface area contributed by atoms with Crippen molar-refractivity contribution in [2.45, 2.75) is 13.8 Å². The lowest BCUT2D eigenvalue weighted by Gasteiger charge is -2.13. The Hall–Kier alpha value is -5.57. The van der Waals surface area contributed by atoms with Crippen LogP contribution in [0.2, 0.25) is 0 Å². The minimum atomic E-state index is -0.938. The van der Waals surface area contributed by atoms with Gasteiger partial charge in [0, 0.05) is 5.69 Å². The summed E-state index contributed by atoms with van der Waals surface area (Å²) in [6.45, 7) is 3.63. The summed E-state index contributed by atoms with van der Waals surface area (Å²) in [7, 11) is 2.80. The van der Waals surface area contributed by atoms with Crippen LogP contribution in [0.5, 0.6) is 5.75 Å². The van der Waals surface area contributed by atoms with Crippen molar-refractivity contribution in [3.05, 3.63) is 113 Å². The SMILES string of the molecule is COC(=O)c1c(C(=O)C(=O)Nc2ccc(C)cc2)c(/C=C\c2ccc(OC)cc2)nc2c1c(C)nn2-c1ccccc1. The number of anilines is 1. The van der Waals surface area contributed by atoms with Crippen LogP contribution in [0, 0.1) is 13.8 Å². The Bertz CT molecular complexity index is 1820. The molecule has 0 unspecified atom stereocenters. The van der Waals surface area contributed by atoms with Crippen molar-refractivity contribution in [3.63, 3.8) is 0 Å². The monoisotopic (exact) mass is 560 g/mol. The van der Waals surface area contributed by atoms with E-state index in [-0.39, 0.29) is 16.8 Å². The van der Waals surface area contributed by atoms with Crippen LogP contribution in [0.4, 0.5) is 5.69 Å². The summed E-state index contributed by atoms with van der Waals surface area (Å²) in [4.78, 5) is 45.3. The molecule has 9 nitrogen and oxygen atoms in total. The third-order valence-electron chi connectivity index (χ3n) is 6.70. The Labute approximate surface area is 242 Å². The fourth-order valence-corrected chi connectivity index (χ4v) is 4.57. The van der Waals surface area contributed by atoms with E-state index >= 15 is 0 Å². The third-order valence-corrected chi connectivity index (χ3v) is 6.70. The van der Waals surface area contributed by atoms with Crippen LogP contribution in [0.3, 0.4) is 0 Å². The van der Waals surface area contributed by atoms with E-state index in [9.17, 15) is 14.4 Å². The number of hydrogen-bond donors (Lipinski definition) is 1. The zero-order valence-corrected chi connectivity index (χ0v) is 23.5. The molecule has 0 atom stereocenters. The Morgan fingerprint density at radius 2 is 1.52 bits per heavy atom. The van der Waals surface area contributed by atoms with E-state index in [4.69, 9.17) is 14.5 Å². The molecule has 0 bridgehead atoms. The van der Waals surface area contributed by atoms with E-state index in [0.717, 1.165) is 11.1 Å². The second-order valence-electron chi connectivity index (χ2n) is 9.53. The van der Waals surface area contributed by atoms with Gasteiger partial charge in [0.2, 0.25) is 0 Å². The number of fused-ring (bicyclic) bond motifs is 1. The number of hydrogen-bond acceptors (Lipinski definition) is 7. The number of para-hydroxylation sites is 1. The number of pyridine rings is 1. The van der Waals surface area contributed by atoms with E-state index in [1.165, 1.54) is 7.11 Å². The van der Waals surface area contributed by atoms with Crippen LogP contribution >= 0.6 is 0 Å². The van der Waals surface area contributed by atoms with Gasteiger partial charge in [-0.25, -0.2) is 14.5 Å². The van der Waals surface area contributed by atoms with E-state index in [0.29, 0.717) is 33.9 Å². The molecule has 210 valence electrons. The van der Waals surface area contributed by atoms with Crippen LogP contribution in [0.25, 0.3) is 28.9 Å². The lowest BCUT2D eigenvalue weighted by molar-refractivity contribution is -0.112. The first-order valence-corrected chi connectivity index (χ1v) is 13.1. The smallest absolute Gasteiger partial charge is 0.339 e. The predicted octanol–water partition coefficient (Wildman–Crippen LogP) is 5.82. The second kappa shape index (κ2) is 11.9. The Morgan fingerprint density at radius 3 is 2.17 bits per heavy atom. The number of Topliss-reactive ketones (excluding diaryl/α,β-unsaturated/α-hetero) is 1. The molecule has 5 aromatic rings. The maximum atomic E-state index is 13.9. The molecule has 5 rings (SSSR count). The summed E-state index contributed by atoms with van der Waals surface area (Å²) in [5.74, 6) is -1.96. The van der Waals surface area contributed by atoms with Crippen molar-refractivity contribution in [1.82, 2.24) is 14.8 Å². The average Bonchev–Trinajstić information content (AvgIpc) is 3.35. The van der Waals surface area contributed by atoms with Crippen molar-refractivity contribution in [1.29, 1.82) is 0 Å². The highest BCUT2D eigenvalue weighted by atomic mass is 16.5. The number of amides is 1. The summed E-state index contributed by atoms with van der Waals surface area (Å²) in [5.41, 5.74) is 3.56. The number of ketones is 1. The first-order chi connectivity index (χ1) is 20.3. The van der Waals surface area contributed by atoms with Crippen LogP contribution in [0.15, 0.2) is 78.9 Å². The van der Waals surface area contributed by atoms with Crippen LogP contribution in [-0.4, -0.2) is 46.6 Å². The molecule has 9 heteroatoms. The molecule has 0 spiro atoms. The van der Waals surface area contributed by atoms with Gasteiger partial charge in [-0.15, -0.1) is 0 Å². The van der Waals surface area contributed by atoms with Crippen molar-refractivity contribution < 1.29 is 23.9 Å². The highest BCUT2D eigenvalue weighted by Crippen LogP contribution is 2.31. The Balaban J connectivity index is 1.73. The molecule has 0 fully saturated rings. The number of rotatable bonds is 8. The van der Waals surface area contributed by atoms with Crippen LogP contribution in [0.1, 0.15) is 43.2 Å². The minimum Gasteiger partial charge on any atom is -0.497 e. The van der Waals surface area contributed by atoms with E-state index in [1.54, 1.807) is 55.1 Å². The van der Waals surface area contributed by atoms with E-state index in [2.05, 4.69) is 10.4 Å². The predicted molar refractivity (Wildman–Crippen MR) is 161 cm³/mol. The largest absolute Gasteiger partial charge is 0.497 e. The molecule has 3 aromatic carbocycles. The molecule has 0 radical (unpaired) electrons. The highest BCUT2D eigenvalue weighted by Gasteiger charge is 2.32. The standard InChI is InChI=1S/C33H28N4O5/c1-20-10-15-23(16-11-20)34-32(39)30(38)28-26(19-14-22-12-17-25(41-3)18-13-22)35-31-27(29(28)33(40)42-4)21(2)36-37(31)24-8-6-5-7-9-24/h5-19H,1-4H3,(H,34,39)/b19-14-. The minimum absolute atomic E-state index is 0.0828. The van der Waals surface area contributed by atoms with Gasteiger partial charge in [0.1, 0.15) is 5.75 Å². The molecule has 0 saturated carbocycles. The number of carbonyl (C=O) groups excluding carboxylic acids is 3. The van der Waals surface area contributed by atoms with Gasteiger partial charge in [-0.05, 0) is 61.9 Å². The number of benzene rings is 3. The highest BCUT2D eigenvalue weighted by molar-refractivity contribution is 6.48. The number of ether oxygens (including phenoxy) is 2. The first kappa shape index (κ1) is 28.0. The second-order valence-corrected chi connectivity index (χ2v) is 9.53. The normalized spacial score (nSPS) is 11.0.